The van der Waals surface area contributed by atoms with Crippen LogP contribution in [0, 0.1) is 5.82 Å². The third-order valence-corrected chi connectivity index (χ3v) is 2.99. The lowest BCUT2D eigenvalue weighted by Gasteiger charge is -2.07. The first-order valence-corrected chi connectivity index (χ1v) is 5.47. The number of nitrogens with zero attached hydrogens (tertiary/aromatic N) is 2. The molecule has 88 valence electrons. The van der Waals surface area contributed by atoms with Crippen LogP contribution in [0.2, 0.25) is 0 Å². The Balaban J connectivity index is 2.11. The Kier molecular flexibility index (Phi) is 2.42. The van der Waals surface area contributed by atoms with Crippen molar-refractivity contribution in [1.82, 2.24) is 15.1 Å². The fourth-order valence-corrected chi connectivity index (χ4v) is 2.15. The van der Waals surface area contributed by atoms with Crippen LogP contribution in [0.15, 0.2) is 24.3 Å². The van der Waals surface area contributed by atoms with E-state index in [1.165, 1.54) is 12.1 Å². The summed E-state index contributed by atoms with van der Waals surface area (Å²) in [7, 11) is 0. The predicted molar refractivity (Wildman–Crippen MR) is 60.0 cm³/mol. The van der Waals surface area contributed by atoms with Gasteiger partial charge in [0, 0.05) is 18.7 Å². The molecule has 1 aromatic carbocycles. The van der Waals surface area contributed by atoms with Crippen LogP contribution in [0.5, 0.6) is 0 Å². The zero-order chi connectivity index (χ0) is 11.8. The van der Waals surface area contributed by atoms with E-state index in [4.69, 9.17) is 0 Å². The van der Waals surface area contributed by atoms with Gasteiger partial charge in [-0.2, -0.15) is 5.10 Å². The van der Waals surface area contributed by atoms with Crippen LogP contribution in [-0.2, 0) is 19.7 Å². The number of fused-ring (bicyclic) bond motifs is 1. The minimum atomic E-state index is -0.277. The van der Waals surface area contributed by atoms with E-state index in [0.29, 0.717) is 0 Å². The minimum absolute atomic E-state index is 0.0681. The Hall–Kier alpha value is -1.72. The normalized spacial score (nSPS) is 14.0. The van der Waals surface area contributed by atoms with Crippen molar-refractivity contribution in [3.63, 3.8) is 0 Å². The molecule has 2 aromatic rings. The highest BCUT2D eigenvalue weighted by Gasteiger charge is 2.21. The van der Waals surface area contributed by atoms with Crippen LogP contribution in [0.1, 0.15) is 17.0 Å². The van der Waals surface area contributed by atoms with Crippen molar-refractivity contribution in [2.24, 2.45) is 0 Å². The van der Waals surface area contributed by atoms with Crippen molar-refractivity contribution in [2.45, 2.75) is 19.7 Å². The summed E-state index contributed by atoms with van der Waals surface area (Å²) in [4.78, 5) is 0. The lowest BCUT2D eigenvalue weighted by atomic mass is 10.2. The molecule has 0 saturated heterocycles. The van der Waals surface area contributed by atoms with Crippen LogP contribution < -0.4 is 5.32 Å². The molecule has 2 heterocycles. The molecule has 0 fully saturated rings. The molecule has 1 aliphatic rings. The van der Waals surface area contributed by atoms with Gasteiger partial charge < -0.3 is 10.4 Å². The van der Waals surface area contributed by atoms with Gasteiger partial charge in [0.1, 0.15) is 5.82 Å². The van der Waals surface area contributed by atoms with E-state index in [1.54, 1.807) is 16.8 Å². The van der Waals surface area contributed by atoms with Gasteiger partial charge in [0.25, 0.3) is 0 Å². The number of aromatic nitrogens is 2. The Labute approximate surface area is 97.7 Å². The SMILES string of the molecule is OCc1c2c(nn1-c1ccc(F)cc1)CNC2. The Morgan fingerprint density at radius 3 is 2.76 bits per heavy atom. The summed E-state index contributed by atoms with van der Waals surface area (Å²) >= 11 is 0. The van der Waals surface area contributed by atoms with Gasteiger partial charge in [-0.05, 0) is 24.3 Å². The fourth-order valence-electron chi connectivity index (χ4n) is 2.15. The van der Waals surface area contributed by atoms with E-state index >= 15 is 0 Å². The smallest absolute Gasteiger partial charge is 0.123 e. The van der Waals surface area contributed by atoms with Crippen molar-refractivity contribution >= 4 is 0 Å². The Morgan fingerprint density at radius 2 is 2.06 bits per heavy atom. The molecule has 17 heavy (non-hydrogen) atoms. The summed E-state index contributed by atoms with van der Waals surface area (Å²) < 4.78 is 14.5. The molecule has 0 atom stereocenters. The van der Waals surface area contributed by atoms with E-state index < -0.39 is 0 Å². The summed E-state index contributed by atoms with van der Waals surface area (Å²) in [6, 6.07) is 6.09. The molecule has 0 unspecified atom stereocenters. The Bertz CT molecular complexity index is 548. The standard InChI is InChI=1S/C12H12FN3O/c13-8-1-3-9(4-2-8)16-12(7-17)10-5-14-6-11(10)15-16/h1-4,14,17H,5-7H2. The van der Waals surface area contributed by atoms with Crippen LogP contribution in [0.3, 0.4) is 0 Å². The number of hydrogen-bond donors (Lipinski definition) is 2. The molecule has 5 heteroatoms. The quantitative estimate of drug-likeness (QED) is 0.816. The van der Waals surface area contributed by atoms with Crippen LogP contribution in [0.4, 0.5) is 4.39 Å². The van der Waals surface area contributed by atoms with Gasteiger partial charge in [-0.1, -0.05) is 0 Å². The first kappa shape index (κ1) is 10.4. The van der Waals surface area contributed by atoms with Crippen LogP contribution in [-0.4, -0.2) is 14.9 Å². The van der Waals surface area contributed by atoms with Gasteiger partial charge in [-0.15, -0.1) is 0 Å². The van der Waals surface area contributed by atoms with Crippen molar-refractivity contribution in [1.29, 1.82) is 0 Å². The predicted octanol–water partition coefficient (Wildman–Crippen LogP) is 1.11. The lowest BCUT2D eigenvalue weighted by Crippen LogP contribution is -2.09. The first-order chi connectivity index (χ1) is 8.29. The van der Waals surface area contributed by atoms with Crippen LogP contribution >= 0.6 is 0 Å². The maximum absolute atomic E-state index is 12.9. The monoisotopic (exact) mass is 233 g/mol. The molecule has 2 N–H and O–H groups in total. The van der Waals surface area contributed by atoms with Gasteiger partial charge >= 0.3 is 0 Å². The molecule has 0 amide bonds. The summed E-state index contributed by atoms with van der Waals surface area (Å²) in [5.41, 5.74) is 3.55. The molecule has 0 saturated carbocycles. The molecule has 0 aliphatic carbocycles. The fraction of sp³-hybridized carbons (Fsp3) is 0.250. The van der Waals surface area contributed by atoms with Crippen molar-refractivity contribution in [3.05, 3.63) is 47.0 Å². The number of nitrogens with one attached hydrogen (secondary N) is 1. The minimum Gasteiger partial charge on any atom is -0.390 e. The maximum Gasteiger partial charge on any atom is 0.123 e. The van der Waals surface area contributed by atoms with Crippen molar-refractivity contribution in [2.75, 3.05) is 0 Å². The van der Waals surface area contributed by atoms with E-state index in [2.05, 4.69) is 10.4 Å². The molecule has 0 spiro atoms. The number of hydrogen-bond acceptors (Lipinski definition) is 3. The van der Waals surface area contributed by atoms with Gasteiger partial charge in [-0.3, -0.25) is 0 Å². The molecule has 3 rings (SSSR count). The third kappa shape index (κ3) is 1.64. The molecule has 0 bridgehead atoms. The topological polar surface area (TPSA) is 50.1 Å². The second-order valence-electron chi connectivity index (χ2n) is 4.02. The average molecular weight is 233 g/mol. The lowest BCUT2D eigenvalue weighted by molar-refractivity contribution is 0.271. The average Bonchev–Trinajstić information content (AvgIpc) is 2.89. The highest BCUT2D eigenvalue weighted by atomic mass is 19.1. The van der Waals surface area contributed by atoms with Crippen molar-refractivity contribution < 1.29 is 9.50 Å². The molecule has 1 aromatic heterocycles. The third-order valence-electron chi connectivity index (χ3n) is 2.99. The summed E-state index contributed by atoms with van der Waals surface area (Å²) in [6.45, 7) is 1.38. The number of rotatable bonds is 2. The number of benzene rings is 1. The van der Waals surface area contributed by atoms with E-state index in [-0.39, 0.29) is 12.4 Å². The molecule has 1 aliphatic heterocycles. The summed E-state index contributed by atoms with van der Waals surface area (Å²) in [6.07, 6.45) is 0. The van der Waals surface area contributed by atoms with Gasteiger partial charge in [-0.25, -0.2) is 9.07 Å². The van der Waals surface area contributed by atoms with E-state index in [0.717, 1.165) is 35.7 Å². The summed E-state index contributed by atoms with van der Waals surface area (Å²) in [5, 5.41) is 17.0. The molecular weight excluding hydrogens is 221 g/mol. The maximum atomic E-state index is 12.9. The largest absolute Gasteiger partial charge is 0.390 e. The number of aliphatic hydroxyl groups is 1. The Morgan fingerprint density at radius 1 is 1.29 bits per heavy atom. The van der Waals surface area contributed by atoms with Gasteiger partial charge in [0.2, 0.25) is 0 Å². The first-order valence-electron chi connectivity index (χ1n) is 5.47. The second-order valence-corrected chi connectivity index (χ2v) is 4.02. The van der Waals surface area contributed by atoms with Crippen molar-refractivity contribution in [3.8, 4) is 5.69 Å². The van der Waals surface area contributed by atoms with Gasteiger partial charge in [0.15, 0.2) is 0 Å². The van der Waals surface area contributed by atoms with E-state index in [1.807, 2.05) is 0 Å². The number of halogens is 1. The van der Waals surface area contributed by atoms with Crippen LogP contribution in [0.25, 0.3) is 5.69 Å². The zero-order valence-corrected chi connectivity index (χ0v) is 9.15. The molecule has 0 radical (unpaired) electrons. The molecular formula is C12H12FN3O. The molecule has 4 nitrogen and oxygen atoms in total. The highest BCUT2D eigenvalue weighted by molar-refractivity contribution is 5.39. The second kappa shape index (κ2) is 3.94. The zero-order valence-electron chi connectivity index (χ0n) is 9.15. The summed E-state index contributed by atoms with van der Waals surface area (Å²) in [5.74, 6) is -0.277. The number of aliphatic hydroxyl groups excluding tert-OH is 1. The van der Waals surface area contributed by atoms with Gasteiger partial charge in [0.05, 0.1) is 23.7 Å². The van der Waals surface area contributed by atoms with E-state index in [9.17, 15) is 9.50 Å². The highest BCUT2D eigenvalue weighted by Crippen LogP contribution is 2.22.